The van der Waals surface area contributed by atoms with Crippen LogP contribution in [-0.2, 0) is 0 Å². The molecule has 1 nitrogen and oxygen atoms in total. The van der Waals surface area contributed by atoms with Crippen LogP contribution < -0.4 is 5.32 Å². The van der Waals surface area contributed by atoms with Gasteiger partial charge in [-0.05, 0) is 111 Å². The molecule has 0 amide bonds. The van der Waals surface area contributed by atoms with Crippen molar-refractivity contribution < 1.29 is 0 Å². The van der Waals surface area contributed by atoms with Gasteiger partial charge in [0.2, 0.25) is 0 Å². The average molecular weight is 456 g/mol. The van der Waals surface area contributed by atoms with E-state index in [0.717, 1.165) is 41.5 Å². The lowest BCUT2D eigenvalue weighted by Gasteiger charge is -2.58. The van der Waals surface area contributed by atoms with E-state index < -0.39 is 0 Å². The van der Waals surface area contributed by atoms with Gasteiger partial charge in [0, 0.05) is 6.04 Å². The fourth-order valence-electron chi connectivity index (χ4n) is 9.54. The second-order valence-corrected chi connectivity index (χ2v) is 13.9. The van der Waals surface area contributed by atoms with Crippen LogP contribution in [0.4, 0.5) is 0 Å². The van der Waals surface area contributed by atoms with Crippen LogP contribution in [0.1, 0.15) is 131 Å². The van der Waals surface area contributed by atoms with E-state index in [2.05, 4.69) is 52.9 Å². The normalized spacial score (nSPS) is 41.3. The van der Waals surface area contributed by atoms with E-state index in [-0.39, 0.29) is 0 Å². The Balaban J connectivity index is 1.40. The summed E-state index contributed by atoms with van der Waals surface area (Å²) in [5.41, 5.74) is 2.98. The SMILES string of the molecule is CCCCCN[C@H]1CCC2(C)C(=CC[C@H]3C2CCC2(C)C3CCC2[C@H](C)CCCC(C)C)C1. The number of nitrogens with one attached hydrogen (secondary N) is 1. The molecule has 4 aliphatic carbocycles. The lowest BCUT2D eigenvalue weighted by molar-refractivity contribution is -0.0514. The highest BCUT2D eigenvalue weighted by atomic mass is 14.9. The Morgan fingerprint density at radius 1 is 0.939 bits per heavy atom. The number of fused-ring (bicyclic) bond motifs is 5. The molecule has 190 valence electrons. The highest BCUT2D eigenvalue weighted by Crippen LogP contribution is 2.67. The van der Waals surface area contributed by atoms with Crippen molar-refractivity contribution in [1.82, 2.24) is 5.32 Å². The zero-order valence-corrected chi connectivity index (χ0v) is 23.2. The molecule has 1 heteroatoms. The van der Waals surface area contributed by atoms with Crippen molar-refractivity contribution in [3.8, 4) is 0 Å². The van der Waals surface area contributed by atoms with Crippen molar-refractivity contribution in [2.45, 2.75) is 137 Å². The summed E-state index contributed by atoms with van der Waals surface area (Å²) in [5.74, 6) is 5.70. The summed E-state index contributed by atoms with van der Waals surface area (Å²) < 4.78 is 0. The summed E-state index contributed by atoms with van der Waals surface area (Å²) in [5, 5.41) is 3.92. The van der Waals surface area contributed by atoms with Crippen molar-refractivity contribution in [3.05, 3.63) is 11.6 Å². The second kappa shape index (κ2) is 10.8. The monoisotopic (exact) mass is 455 g/mol. The maximum atomic E-state index is 3.92. The third kappa shape index (κ3) is 5.15. The molecule has 5 unspecified atom stereocenters. The summed E-state index contributed by atoms with van der Waals surface area (Å²) >= 11 is 0. The highest BCUT2D eigenvalue weighted by Gasteiger charge is 2.59. The predicted molar refractivity (Wildman–Crippen MR) is 144 cm³/mol. The molecule has 4 rings (SSSR count). The molecule has 8 atom stereocenters. The van der Waals surface area contributed by atoms with E-state index in [1.807, 2.05) is 5.57 Å². The lowest BCUT2D eigenvalue weighted by atomic mass is 9.47. The van der Waals surface area contributed by atoms with Crippen molar-refractivity contribution in [1.29, 1.82) is 0 Å². The first-order valence-corrected chi connectivity index (χ1v) is 15.2. The van der Waals surface area contributed by atoms with E-state index in [1.54, 1.807) is 0 Å². The summed E-state index contributed by atoms with van der Waals surface area (Å²) in [6.07, 6.45) is 22.8. The van der Waals surface area contributed by atoms with E-state index in [0.29, 0.717) is 10.8 Å². The quantitative estimate of drug-likeness (QED) is 0.256. The van der Waals surface area contributed by atoms with Gasteiger partial charge in [-0.1, -0.05) is 85.3 Å². The molecule has 0 bridgehead atoms. The predicted octanol–water partition coefficient (Wildman–Crippen LogP) is 9.18. The maximum Gasteiger partial charge on any atom is 0.0105 e. The fourth-order valence-corrected chi connectivity index (χ4v) is 9.54. The lowest BCUT2D eigenvalue weighted by Crippen LogP contribution is -2.51. The summed E-state index contributed by atoms with van der Waals surface area (Å²) in [6.45, 7) is 16.4. The molecule has 3 saturated carbocycles. The molecule has 0 spiro atoms. The van der Waals surface area contributed by atoms with Crippen molar-refractivity contribution >= 4 is 0 Å². The smallest absolute Gasteiger partial charge is 0.0105 e. The van der Waals surface area contributed by atoms with Crippen molar-refractivity contribution in [2.75, 3.05) is 6.54 Å². The maximum absolute atomic E-state index is 3.92. The second-order valence-electron chi connectivity index (χ2n) is 13.9. The zero-order chi connectivity index (χ0) is 23.6. The molecule has 4 aliphatic rings. The van der Waals surface area contributed by atoms with Crippen LogP contribution in [0.15, 0.2) is 11.6 Å². The van der Waals surface area contributed by atoms with Gasteiger partial charge in [0.1, 0.15) is 0 Å². The van der Waals surface area contributed by atoms with Crippen LogP contribution >= 0.6 is 0 Å². The fraction of sp³-hybridized carbons (Fsp3) is 0.938. The summed E-state index contributed by atoms with van der Waals surface area (Å²) in [7, 11) is 0. The van der Waals surface area contributed by atoms with Gasteiger partial charge in [0.15, 0.2) is 0 Å². The van der Waals surface area contributed by atoms with Gasteiger partial charge >= 0.3 is 0 Å². The van der Waals surface area contributed by atoms with Gasteiger partial charge in [-0.25, -0.2) is 0 Å². The molecule has 3 fully saturated rings. The minimum absolute atomic E-state index is 0.507. The van der Waals surface area contributed by atoms with Crippen LogP contribution in [-0.4, -0.2) is 12.6 Å². The van der Waals surface area contributed by atoms with Crippen molar-refractivity contribution in [3.63, 3.8) is 0 Å². The van der Waals surface area contributed by atoms with Gasteiger partial charge in [-0.3, -0.25) is 0 Å². The van der Waals surface area contributed by atoms with Crippen LogP contribution in [0.3, 0.4) is 0 Å². The molecule has 0 aliphatic heterocycles. The van der Waals surface area contributed by atoms with Gasteiger partial charge in [0.05, 0.1) is 0 Å². The topological polar surface area (TPSA) is 12.0 Å². The molecule has 0 heterocycles. The van der Waals surface area contributed by atoms with Crippen LogP contribution in [0, 0.1) is 46.3 Å². The van der Waals surface area contributed by atoms with Gasteiger partial charge in [0.25, 0.3) is 0 Å². The number of rotatable bonds is 10. The largest absolute Gasteiger partial charge is 0.314 e. The average Bonchev–Trinajstić information content (AvgIpc) is 3.14. The zero-order valence-electron chi connectivity index (χ0n) is 23.2. The third-order valence-electron chi connectivity index (χ3n) is 11.5. The minimum atomic E-state index is 0.507. The molecule has 0 aromatic heterocycles. The molecule has 0 radical (unpaired) electrons. The van der Waals surface area contributed by atoms with Crippen molar-refractivity contribution in [2.24, 2.45) is 46.3 Å². The standard InChI is InChI=1S/C32H57N/c1-7-8-9-21-33-26-17-19-31(5)25(22-26)13-14-27-29-16-15-28(24(4)12-10-11-23(2)3)32(29,6)20-18-30(27)31/h13,23-24,26-30,33H,7-12,14-22H2,1-6H3/t24-,26+,27-,28?,29?,30?,31?,32?/m1/s1. The van der Waals surface area contributed by atoms with Crippen LogP contribution in [0.2, 0.25) is 0 Å². The first-order valence-electron chi connectivity index (χ1n) is 15.2. The van der Waals surface area contributed by atoms with Gasteiger partial charge in [-0.15, -0.1) is 0 Å². The number of unbranched alkanes of at least 4 members (excludes halogenated alkanes) is 2. The Morgan fingerprint density at radius 2 is 1.76 bits per heavy atom. The van der Waals surface area contributed by atoms with E-state index in [9.17, 15) is 0 Å². The van der Waals surface area contributed by atoms with Gasteiger partial charge in [-0.2, -0.15) is 0 Å². The third-order valence-corrected chi connectivity index (χ3v) is 11.5. The molecular formula is C32H57N. The molecule has 0 aromatic rings. The molecular weight excluding hydrogens is 398 g/mol. The van der Waals surface area contributed by atoms with Gasteiger partial charge < -0.3 is 5.32 Å². The Hall–Kier alpha value is -0.300. The van der Waals surface area contributed by atoms with E-state index in [4.69, 9.17) is 0 Å². The molecule has 0 aromatic carbocycles. The van der Waals surface area contributed by atoms with Crippen LogP contribution in [0.25, 0.3) is 0 Å². The number of hydrogen-bond donors (Lipinski definition) is 1. The van der Waals surface area contributed by atoms with Crippen LogP contribution in [0.5, 0.6) is 0 Å². The van der Waals surface area contributed by atoms with E-state index >= 15 is 0 Å². The van der Waals surface area contributed by atoms with E-state index in [1.165, 1.54) is 96.4 Å². The molecule has 0 saturated heterocycles. The summed E-state index contributed by atoms with van der Waals surface area (Å²) in [4.78, 5) is 0. The number of allylic oxidation sites excluding steroid dienone is 1. The minimum Gasteiger partial charge on any atom is -0.314 e. The Kier molecular flexibility index (Phi) is 8.40. The Morgan fingerprint density at radius 3 is 2.52 bits per heavy atom. The summed E-state index contributed by atoms with van der Waals surface area (Å²) in [6, 6.07) is 0.745. The Labute approximate surface area is 207 Å². The molecule has 33 heavy (non-hydrogen) atoms. The highest BCUT2D eigenvalue weighted by molar-refractivity contribution is 5.26. The Bertz CT molecular complexity index is 663. The first-order chi connectivity index (χ1) is 15.8. The molecule has 1 N–H and O–H groups in total. The first kappa shape index (κ1) is 25.8. The number of hydrogen-bond acceptors (Lipinski definition) is 1.